The predicted octanol–water partition coefficient (Wildman–Crippen LogP) is -1.63. The molecule has 0 aromatic carbocycles. The van der Waals surface area contributed by atoms with Crippen LogP contribution >= 0.6 is 0 Å². The fraction of sp³-hybridized carbons (Fsp3) is 0.800. The number of amides is 1. The quantitative estimate of drug-likeness (QED) is 0.414. The Bertz CT molecular complexity index is 126. The van der Waals surface area contributed by atoms with Crippen molar-refractivity contribution in [3.8, 4) is 0 Å². The van der Waals surface area contributed by atoms with E-state index in [1.165, 1.54) is 4.90 Å². The van der Waals surface area contributed by atoms with Crippen LogP contribution in [0.5, 0.6) is 0 Å². The first-order chi connectivity index (χ1) is 4.22. The zero-order valence-electron chi connectivity index (χ0n) is 5.29. The van der Waals surface area contributed by atoms with Gasteiger partial charge < -0.3 is 15.3 Å². The van der Waals surface area contributed by atoms with Crippen LogP contribution < -0.4 is 5.32 Å². The molecule has 0 aromatic heterocycles. The maximum absolute atomic E-state index is 10.7. The summed E-state index contributed by atoms with van der Waals surface area (Å²) in [5.74, 6) is -0.0613. The van der Waals surface area contributed by atoms with Gasteiger partial charge in [-0.3, -0.25) is 4.79 Å². The number of nitrogens with zero attached hydrogens (tertiary/aromatic N) is 1. The first kappa shape index (κ1) is 6.51. The molecule has 1 unspecified atom stereocenters. The van der Waals surface area contributed by atoms with Crippen LogP contribution in [0.25, 0.3) is 0 Å². The van der Waals surface area contributed by atoms with E-state index in [1.807, 2.05) is 0 Å². The van der Waals surface area contributed by atoms with Gasteiger partial charge in [0.05, 0.1) is 6.54 Å². The summed E-state index contributed by atoms with van der Waals surface area (Å²) < 4.78 is 0. The number of likely N-dealkylation sites (N-methyl/N-ethyl adjacent to an activating group) is 1. The van der Waals surface area contributed by atoms with Crippen molar-refractivity contribution in [1.29, 1.82) is 0 Å². The van der Waals surface area contributed by atoms with Gasteiger partial charge in [-0.1, -0.05) is 0 Å². The summed E-state index contributed by atoms with van der Waals surface area (Å²) in [4.78, 5) is 12.0. The highest BCUT2D eigenvalue weighted by molar-refractivity contribution is 5.78. The van der Waals surface area contributed by atoms with Crippen molar-refractivity contribution in [3.05, 3.63) is 0 Å². The van der Waals surface area contributed by atoms with Crippen LogP contribution in [-0.2, 0) is 4.79 Å². The second kappa shape index (κ2) is 2.33. The lowest BCUT2D eigenvalue weighted by atomic mass is 10.3. The summed E-state index contributed by atoms with van der Waals surface area (Å²) in [6, 6.07) is 0. The molecule has 1 aliphatic heterocycles. The molecule has 1 atom stereocenters. The summed E-state index contributed by atoms with van der Waals surface area (Å²) in [6.07, 6.45) is -0.647. The highest BCUT2D eigenvalue weighted by Gasteiger charge is 2.21. The Morgan fingerprint density at radius 2 is 2.56 bits per heavy atom. The molecule has 0 aliphatic carbocycles. The standard InChI is InChI=1S/C5H10N2O2/c1-7-4(8)2-6-3-5(7)9/h4,6,8H,2-3H2,1H3. The van der Waals surface area contributed by atoms with Crippen molar-refractivity contribution < 1.29 is 9.90 Å². The summed E-state index contributed by atoms with van der Waals surface area (Å²) >= 11 is 0. The number of aliphatic hydroxyl groups is 1. The van der Waals surface area contributed by atoms with Crippen LogP contribution in [0.4, 0.5) is 0 Å². The molecule has 1 rings (SSSR count). The first-order valence-corrected chi connectivity index (χ1v) is 2.86. The molecule has 9 heavy (non-hydrogen) atoms. The van der Waals surface area contributed by atoms with Gasteiger partial charge in [0.1, 0.15) is 6.23 Å². The zero-order valence-corrected chi connectivity index (χ0v) is 5.29. The fourth-order valence-corrected chi connectivity index (χ4v) is 0.736. The highest BCUT2D eigenvalue weighted by Crippen LogP contribution is 1.95. The predicted molar refractivity (Wildman–Crippen MR) is 31.6 cm³/mol. The molecule has 1 amide bonds. The van der Waals surface area contributed by atoms with Crippen LogP contribution in [0.2, 0.25) is 0 Å². The van der Waals surface area contributed by atoms with Gasteiger partial charge in [0.2, 0.25) is 5.91 Å². The molecule has 0 aromatic rings. The Hall–Kier alpha value is -0.610. The van der Waals surface area contributed by atoms with Crippen molar-refractivity contribution in [1.82, 2.24) is 10.2 Å². The third kappa shape index (κ3) is 1.20. The van der Waals surface area contributed by atoms with E-state index >= 15 is 0 Å². The van der Waals surface area contributed by atoms with Crippen molar-refractivity contribution in [2.24, 2.45) is 0 Å². The molecule has 0 radical (unpaired) electrons. The number of rotatable bonds is 0. The molecule has 2 N–H and O–H groups in total. The SMILES string of the molecule is CN1C(=O)CNCC1O. The molecule has 4 heteroatoms. The Labute approximate surface area is 53.5 Å². The van der Waals surface area contributed by atoms with Gasteiger partial charge in [-0.15, -0.1) is 0 Å². The molecule has 0 saturated carbocycles. The summed E-state index contributed by atoms with van der Waals surface area (Å²) in [5, 5.41) is 11.8. The zero-order chi connectivity index (χ0) is 6.85. The molecular weight excluding hydrogens is 120 g/mol. The van der Waals surface area contributed by atoms with Crippen molar-refractivity contribution >= 4 is 5.91 Å². The van der Waals surface area contributed by atoms with Crippen molar-refractivity contribution in [2.75, 3.05) is 20.1 Å². The maximum Gasteiger partial charge on any atom is 0.238 e. The van der Waals surface area contributed by atoms with Gasteiger partial charge in [-0.2, -0.15) is 0 Å². The Balaban J connectivity index is 2.51. The van der Waals surface area contributed by atoms with Gasteiger partial charge in [-0.05, 0) is 0 Å². The lowest BCUT2D eigenvalue weighted by Crippen LogP contribution is -2.52. The van der Waals surface area contributed by atoms with E-state index in [2.05, 4.69) is 5.32 Å². The van der Waals surface area contributed by atoms with Gasteiger partial charge in [0.25, 0.3) is 0 Å². The van der Waals surface area contributed by atoms with Gasteiger partial charge in [-0.25, -0.2) is 0 Å². The van der Waals surface area contributed by atoms with Gasteiger partial charge >= 0.3 is 0 Å². The van der Waals surface area contributed by atoms with Crippen LogP contribution in [0.15, 0.2) is 0 Å². The first-order valence-electron chi connectivity index (χ1n) is 2.86. The Morgan fingerprint density at radius 3 is 3.00 bits per heavy atom. The molecule has 1 heterocycles. The number of piperazine rings is 1. The normalized spacial score (nSPS) is 28.9. The van der Waals surface area contributed by atoms with E-state index in [1.54, 1.807) is 7.05 Å². The summed E-state index contributed by atoms with van der Waals surface area (Å²) in [5.41, 5.74) is 0. The maximum atomic E-state index is 10.7. The number of nitrogens with one attached hydrogen (secondary N) is 1. The van der Waals surface area contributed by atoms with Crippen LogP contribution in [0.3, 0.4) is 0 Å². The molecule has 1 saturated heterocycles. The molecular formula is C5H10N2O2. The number of aliphatic hydroxyl groups excluding tert-OH is 1. The van der Waals surface area contributed by atoms with E-state index in [4.69, 9.17) is 5.11 Å². The average molecular weight is 130 g/mol. The molecule has 1 fully saturated rings. The smallest absolute Gasteiger partial charge is 0.238 e. The fourth-order valence-electron chi connectivity index (χ4n) is 0.736. The number of hydrogen-bond acceptors (Lipinski definition) is 3. The lowest BCUT2D eigenvalue weighted by molar-refractivity contribution is -0.141. The highest BCUT2D eigenvalue weighted by atomic mass is 16.3. The number of carbonyl (C=O) groups excluding carboxylic acids is 1. The minimum Gasteiger partial charge on any atom is -0.372 e. The number of hydrogen-bond donors (Lipinski definition) is 2. The third-order valence-electron chi connectivity index (χ3n) is 1.44. The molecule has 0 bridgehead atoms. The van der Waals surface area contributed by atoms with Crippen LogP contribution in [0.1, 0.15) is 0 Å². The monoisotopic (exact) mass is 130 g/mol. The van der Waals surface area contributed by atoms with E-state index in [0.29, 0.717) is 13.1 Å². The van der Waals surface area contributed by atoms with Crippen molar-refractivity contribution in [2.45, 2.75) is 6.23 Å². The summed E-state index contributed by atoms with van der Waals surface area (Å²) in [7, 11) is 1.59. The third-order valence-corrected chi connectivity index (χ3v) is 1.44. The minimum absolute atomic E-state index is 0.0613. The van der Waals surface area contributed by atoms with Crippen LogP contribution in [-0.4, -0.2) is 42.3 Å². The molecule has 1 aliphatic rings. The van der Waals surface area contributed by atoms with E-state index < -0.39 is 6.23 Å². The topological polar surface area (TPSA) is 52.6 Å². The lowest BCUT2D eigenvalue weighted by Gasteiger charge is -2.28. The molecule has 0 spiro atoms. The van der Waals surface area contributed by atoms with Crippen LogP contribution in [0, 0.1) is 0 Å². The largest absolute Gasteiger partial charge is 0.372 e. The second-order valence-electron chi connectivity index (χ2n) is 2.12. The van der Waals surface area contributed by atoms with E-state index in [-0.39, 0.29) is 5.91 Å². The van der Waals surface area contributed by atoms with E-state index in [9.17, 15) is 4.79 Å². The van der Waals surface area contributed by atoms with E-state index in [0.717, 1.165) is 0 Å². The minimum atomic E-state index is -0.647. The van der Waals surface area contributed by atoms with Gasteiger partial charge in [0.15, 0.2) is 0 Å². The average Bonchev–Trinajstić information content (AvgIpc) is 1.83. The molecule has 52 valence electrons. The Morgan fingerprint density at radius 1 is 1.89 bits per heavy atom. The summed E-state index contributed by atoms with van der Waals surface area (Å²) in [6.45, 7) is 0.815. The van der Waals surface area contributed by atoms with Crippen molar-refractivity contribution in [3.63, 3.8) is 0 Å². The number of β-amino-alcohol motifs (C(OH)–C–C–N with tert-alkyl or cyclic N) is 1. The second-order valence-corrected chi connectivity index (χ2v) is 2.12. The van der Waals surface area contributed by atoms with Gasteiger partial charge in [0, 0.05) is 13.6 Å². The molecule has 4 nitrogen and oxygen atoms in total. The number of carbonyl (C=O) groups is 1. The Kier molecular flexibility index (Phi) is 1.68.